The number of anilines is 1. The van der Waals surface area contributed by atoms with Gasteiger partial charge in [-0.3, -0.25) is 0 Å². The third kappa shape index (κ3) is 8.75. The fraction of sp³-hybridized carbons (Fsp3) is 0.684. The molecule has 1 aromatic carbocycles. The zero-order valence-corrected chi connectivity index (χ0v) is 13.8. The van der Waals surface area contributed by atoms with E-state index in [2.05, 4.69) is 19.2 Å². The summed E-state index contributed by atoms with van der Waals surface area (Å²) in [4.78, 5) is 0. The van der Waals surface area contributed by atoms with Crippen LogP contribution >= 0.6 is 0 Å². The van der Waals surface area contributed by atoms with Crippen molar-refractivity contribution in [2.24, 2.45) is 0 Å². The Morgan fingerprint density at radius 2 is 1.52 bits per heavy atom. The molecule has 1 N–H and O–H groups in total. The van der Waals surface area contributed by atoms with Gasteiger partial charge in [0.2, 0.25) is 0 Å². The summed E-state index contributed by atoms with van der Waals surface area (Å²) in [5.74, 6) is -0.157. The van der Waals surface area contributed by atoms with Crippen LogP contribution in [0.2, 0.25) is 0 Å². The maximum Gasteiger partial charge on any atom is 0.125 e. The highest BCUT2D eigenvalue weighted by Gasteiger charge is 2.08. The van der Waals surface area contributed by atoms with E-state index in [4.69, 9.17) is 0 Å². The normalized spacial score (nSPS) is 12.3. The van der Waals surface area contributed by atoms with Gasteiger partial charge in [-0.2, -0.15) is 0 Å². The van der Waals surface area contributed by atoms with Crippen molar-refractivity contribution in [2.45, 2.75) is 84.1 Å². The van der Waals surface area contributed by atoms with Gasteiger partial charge >= 0.3 is 0 Å². The maximum absolute atomic E-state index is 13.3. The topological polar surface area (TPSA) is 12.0 Å². The molecule has 21 heavy (non-hydrogen) atoms. The number of benzene rings is 1. The van der Waals surface area contributed by atoms with Crippen molar-refractivity contribution < 1.29 is 4.39 Å². The highest BCUT2D eigenvalue weighted by molar-refractivity contribution is 5.43. The van der Waals surface area contributed by atoms with Gasteiger partial charge in [0.25, 0.3) is 0 Å². The van der Waals surface area contributed by atoms with Crippen molar-refractivity contribution in [3.05, 3.63) is 30.1 Å². The third-order valence-corrected chi connectivity index (χ3v) is 4.01. The maximum atomic E-state index is 13.3. The van der Waals surface area contributed by atoms with Crippen LogP contribution in [-0.4, -0.2) is 6.04 Å². The zero-order valence-electron chi connectivity index (χ0n) is 13.8. The molecule has 0 saturated carbocycles. The van der Waals surface area contributed by atoms with Crippen molar-refractivity contribution in [1.29, 1.82) is 0 Å². The Balaban J connectivity index is 2.39. The molecule has 0 fully saturated rings. The Hall–Kier alpha value is -1.05. The van der Waals surface area contributed by atoms with Crippen LogP contribution in [-0.2, 0) is 0 Å². The van der Waals surface area contributed by atoms with Crippen LogP contribution in [0.1, 0.15) is 78.1 Å². The Bertz CT molecular complexity index is 364. The standard InChI is InChI=1S/C19H32FN/c1-3-5-7-8-10-14-18(13-9-6-4-2)21-19-15-11-12-17(20)16-19/h11-12,15-16,18,21H,3-10,13-14H2,1-2H3. The SMILES string of the molecule is CCCCCCCC(CCCCC)Nc1cccc(F)c1. The molecule has 0 aliphatic heterocycles. The Morgan fingerprint density at radius 3 is 2.19 bits per heavy atom. The Labute approximate surface area is 130 Å². The van der Waals surface area contributed by atoms with Crippen LogP contribution < -0.4 is 5.32 Å². The highest BCUT2D eigenvalue weighted by atomic mass is 19.1. The van der Waals surface area contributed by atoms with Crippen LogP contribution in [0.25, 0.3) is 0 Å². The molecule has 0 spiro atoms. The van der Waals surface area contributed by atoms with Gasteiger partial charge in [0.05, 0.1) is 0 Å². The van der Waals surface area contributed by atoms with Crippen molar-refractivity contribution in [1.82, 2.24) is 0 Å². The molecule has 120 valence electrons. The second kappa shape index (κ2) is 11.6. The minimum absolute atomic E-state index is 0.157. The first-order valence-corrected chi connectivity index (χ1v) is 8.78. The largest absolute Gasteiger partial charge is 0.382 e. The molecular formula is C19H32FN. The van der Waals surface area contributed by atoms with E-state index >= 15 is 0 Å². The van der Waals surface area contributed by atoms with E-state index in [9.17, 15) is 4.39 Å². The molecule has 1 rings (SSSR count). The fourth-order valence-electron chi connectivity index (χ4n) is 2.74. The van der Waals surface area contributed by atoms with Crippen molar-refractivity contribution >= 4 is 5.69 Å². The molecule has 1 aromatic rings. The molecule has 0 amide bonds. The number of hydrogen-bond donors (Lipinski definition) is 1. The predicted molar refractivity (Wildman–Crippen MR) is 91.3 cm³/mol. The lowest BCUT2D eigenvalue weighted by atomic mass is 10.0. The molecule has 0 aliphatic rings. The highest BCUT2D eigenvalue weighted by Crippen LogP contribution is 2.18. The molecule has 2 heteroatoms. The lowest BCUT2D eigenvalue weighted by Crippen LogP contribution is -2.19. The van der Waals surface area contributed by atoms with Crippen molar-refractivity contribution in [3.8, 4) is 0 Å². The van der Waals surface area contributed by atoms with Gasteiger partial charge in [-0.05, 0) is 31.0 Å². The summed E-state index contributed by atoms with van der Waals surface area (Å²) in [6.45, 7) is 4.48. The van der Waals surface area contributed by atoms with E-state index in [1.165, 1.54) is 70.3 Å². The van der Waals surface area contributed by atoms with Crippen molar-refractivity contribution in [3.63, 3.8) is 0 Å². The summed E-state index contributed by atoms with van der Waals surface area (Å²) in [5.41, 5.74) is 0.921. The zero-order chi connectivity index (χ0) is 15.3. The first kappa shape index (κ1) is 18.0. The quantitative estimate of drug-likeness (QED) is 0.431. The van der Waals surface area contributed by atoms with Crippen LogP contribution in [0.15, 0.2) is 24.3 Å². The van der Waals surface area contributed by atoms with Gasteiger partial charge in [0.15, 0.2) is 0 Å². The van der Waals surface area contributed by atoms with Gasteiger partial charge in [-0.1, -0.05) is 71.3 Å². The molecule has 0 bridgehead atoms. The summed E-state index contributed by atoms with van der Waals surface area (Å²) < 4.78 is 13.3. The average Bonchev–Trinajstić information content (AvgIpc) is 2.47. The van der Waals surface area contributed by atoms with Gasteiger partial charge < -0.3 is 5.32 Å². The Kier molecular flexibility index (Phi) is 9.94. The predicted octanol–water partition coefficient (Wildman–Crippen LogP) is 6.55. The number of unbranched alkanes of at least 4 members (excludes halogenated alkanes) is 6. The van der Waals surface area contributed by atoms with Crippen LogP contribution in [0.5, 0.6) is 0 Å². The molecule has 1 nitrogen and oxygen atoms in total. The number of rotatable bonds is 12. The number of hydrogen-bond acceptors (Lipinski definition) is 1. The van der Waals surface area contributed by atoms with E-state index in [0.29, 0.717) is 6.04 Å². The van der Waals surface area contributed by atoms with E-state index in [0.717, 1.165) is 5.69 Å². The van der Waals surface area contributed by atoms with Gasteiger partial charge in [-0.15, -0.1) is 0 Å². The fourth-order valence-corrected chi connectivity index (χ4v) is 2.74. The molecular weight excluding hydrogens is 261 g/mol. The van der Waals surface area contributed by atoms with Gasteiger partial charge in [-0.25, -0.2) is 4.39 Å². The molecule has 0 aliphatic carbocycles. The smallest absolute Gasteiger partial charge is 0.125 e. The van der Waals surface area contributed by atoms with Crippen LogP contribution in [0, 0.1) is 5.82 Å². The second-order valence-corrected chi connectivity index (χ2v) is 6.05. The second-order valence-electron chi connectivity index (χ2n) is 6.05. The summed E-state index contributed by atoms with van der Waals surface area (Å²) in [7, 11) is 0. The first-order valence-electron chi connectivity index (χ1n) is 8.78. The summed E-state index contributed by atoms with van der Waals surface area (Å²) in [6.07, 6.45) is 12.8. The molecule has 1 unspecified atom stereocenters. The molecule has 0 saturated heterocycles. The van der Waals surface area contributed by atoms with E-state index in [-0.39, 0.29) is 5.82 Å². The van der Waals surface area contributed by atoms with Gasteiger partial charge in [0, 0.05) is 11.7 Å². The molecule has 0 radical (unpaired) electrons. The van der Waals surface area contributed by atoms with Gasteiger partial charge in [0.1, 0.15) is 5.82 Å². The molecule has 0 aromatic heterocycles. The van der Waals surface area contributed by atoms with Crippen LogP contribution in [0.3, 0.4) is 0 Å². The first-order chi connectivity index (χ1) is 10.3. The minimum atomic E-state index is -0.157. The third-order valence-electron chi connectivity index (χ3n) is 4.01. The monoisotopic (exact) mass is 293 g/mol. The minimum Gasteiger partial charge on any atom is -0.382 e. The molecule has 0 heterocycles. The lowest BCUT2D eigenvalue weighted by Gasteiger charge is -2.20. The summed E-state index contributed by atoms with van der Waals surface area (Å²) in [6, 6.07) is 7.33. The molecule has 1 atom stereocenters. The number of nitrogens with one attached hydrogen (secondary N) is 1. The van der Waals surface area contributed by atoms with E-state index in [1.807, 2.05) is 6.07 Å². The number of halogens is 1. The van der Waals surface area contributed by atoms with Crippen molar-refractivity contribution in [2.75, 3.05) is 5.32 Å². The Morgan fingerprint density at radius 1 is 0.905 bits per heavy atom. The summed E-state index contributed by atoms with van der Waals surface area (Å²) in [5, 5.41) is 3.53. The lowest BCUT2D eigenvalue weighted by molar-refractivity contribution is 0.515. The average molecular weight is 293 g/mol. The van der Waals surface area contributed by atoms with Crippen LogP contribution in [0.4, 0.5) is 10.1 Å². The summed E-state index contributed by atoms with van der Waals surface area (Å²) >= 11 is 0. The van der Waals surface area contributed by atoms with E-state index < -0.39 is 0 Å². The van der Waals surface area contributed by atoms with E-state index in [1.54, 1.807) is 12.1 Å².